The van der Waals surface area contributed by atoms with Gasteiger partial charge in [-0.05, 0) is 30.9 Å². The number of nitrogens with zero attached hydrogens (tertiary/aromatic N) is 2. The molecule has 3 rings (SSSR count). The highest BCUT2D eigenvalue weighted by Crippen LogP contribution is 2.27. The predicted octanol–water partition coefficient (Wildman–Crippen LogP) is 1.02. The van der Waals surface area contributed by atoms with Crippen LogP contribution in [0.15, 0.2) is 24.3 Å². The summed E-state index contributed by atoms with van der Waals surface area (Å²) >= 11 is 0. The van der Waals surface area contributed by atoms with E-state index in [1.807, 2.05) is 24.3 Å². The monoisotopic (exact) mass is 338 g/mol. The second kappa shape index (κ2) is 6.59. The zero-order valence-electron chi connectivity index (χ0n) is 13.3. The summed E-state index contributed by atoms with van der Waals surface area (Å²) in [7, 11) is -3.45. The molecule has 2 aliphatic rings. The molecule has 0 aliphatic carbocycles. The minimum absolute atomic E-state index is 0.108. The maximum absolute atomic E-state index is 12.6. The Bertz CT molecular complexity index is 683. The van der Waals surface area contributed by atoms with Crippen LogP contribution >= 0.6 is 0 Å². The molecule has 23 heavy (non-hydrogen) atoms. The van der Waals surface area contributed by atoms with Crippen molar-refractivity contribution >= 4 is 21.6 Å². The van der Waals surface area contributed by atoms with Crippen molar-refractivity contribution in [2.45, 2.75) is 25.4 Å². The van der Waals surface area contributed by atoms with Gasteiger partial charge in [0.2, 0.25) is 15.9 Å². The molecule has 1 aromatic rings. The topological polar surface area (TPSA) is 66.9 Å². The first-order valence-electron chi connectivity index (χ1n) is 7.90. The fraction of sp³-hybridized carbons (Fsp3) is 0.562. The van der Waals surface area contributed by atoms with Crippen molar-refractivity contribution < 1.29 is 17.9 Å². The molecule has 0 saturated carbocycles. The molecule has 1 fully saturated rings. The second-order valence-corrected chi connectivity index (χ2v) is 8.10. The van der Waals surface area contributed by atoms with E-state index in [9.17, 15) is 13.2 Å². The molecule has 6 nitrogen and oxygen atoms in total. The largest absolute Gasteiger partial charge is 0.377 e. The number of fused-ring (bicyclic) bond motifs is 1. The van der Waals surface area contributed by atoms with Crippen molar-refractivity contribution in [3.05, 3.63) is 29.8 Å². The van der Waals surface area contributed by atoms with Crippen molar-refractivity contribution in [2.24, 2.45) is 0 Å². The molecule has 7 heteroatoms. The van der Waals surface area contributed by atoms with E-state index in [4.69, 9.17) is 4.74 Å². The van der Waals surface area contributed by atoms with Gasteiger partial charge >= 0.3 is 0 Å². The molecule has 126 valence electrons. The fourth-order valence-electron chi connectivity index (χ4n) is 3.17. The molecular formula is C16H22N2O4S. The SMILES string of the molecule is CS(=O)(=O)N(CC(=O)N1CCc2ccccc21)CC1CCCO1. The number of ether oxygens (including phenoxy) is 1. The molecule has 1 saturated heterocycles. The first-order valence-corrected chi connectivity index (χ1v) is 9.75. The van der Waals surface area contributed by atoms with E-state index in [2.05, 4.69) is 0 Å². The average Bonchev–Trinajstić information content (AvgIpc) is 3.14. The second-order valence-electron chi connectivity index (χ2n) is 6.11. The Balaban J connectivity index is 1.71. The molecule has 0 spiro atoms. The van der Waals surface area contributed by atoms with E-state index < -0.39 is 10.0 Å². The third kappa shape index (κ3) is 3.73. The fourth-order valence-corrected chi connectivity index (χ4v) is 3.95. The molecule has 0 aromatic heterocycles. The van der Waals surface area contributed by atoms with Gasteiger partial charge in [0.05, 0.1) is 18.9 Å². The van der Waals surface area contributed by atoms with Crippen LogP contribution in [0.25, 0.3) is 0 Å². The van der Waals surface area contributed by atoms with Crippen molar-refractivity contribution in [1.82, 2.24) is 4.31 Å². The minimum atomic E-state index is -3.45. The smallest absolute Gasteiger partial charge is 0.242 e. The van der Waals surface area contributed by atoms with Crippen molar-refractivity contribution in [1.29, 1.82) is 0 Å². The van der Waals surface area contributed by atoms with Gasteiger partial charge in [-0.1, -0.05) is 18.2 Å². The van der Waals surface area contributed by atoms with Crippen LogP contribution in [0.5, 0.6) is 0 Å². The summed E-state index contributed by atoms with van der Waals surface area (Å²) in [5.74, 6) is -0.182. The highest BCUT2D eigenvalue weighted by molar-refractivity contribution is 7.88. The normalized spacial score (nSPS) is 21.0. The van der Waals surface area contributed by atoms with E-state index >= 15 is 0 Å². The van der Waals surface area contributed by atoms with Gasteiger partial charge in [-0.3, -0.25) is 4.79 Å². The Morgan fingerprint density at radius 1 is 1.39 bits per heavy atom. The van der Waals surface area contributed by atoms with Crippen LogP contribution in [0, 0.1) is 0 Å². The first kappa shape index (κ1) is 16.4. The van der Waals surface area contributed by atoms with Crippen LogP contribution in [-0.2, 0) is 26.0 Å². The molecule has 0 radical (unpaired) electrons. The lowest BCUT2D eigenvalue weighted by molar-refractivity contribution is -0.118. The van der Waals surface area contributed by atoms with Gasteiger partial charge < -0.3 is 9.64 Å². The van der Waals surface area contributed by atoms with E-state index in [-0.39, 0.29) is 25.1 Å². The summed E-state index contributed by atoms with van der Waals surface area (Å²) < 4.78 is 30.8. The lowest BCUT2D eigenvalue weighted by Crippen LogP contribution is -2.44. The standard InChI is InChI=1S/C16H22N2O4S/c1-23(20,21)17(11-14-6-4-10-22-14)12-16(19)18-9-8-13-5-2-3-7-15(13)18/h2-3,5,7,14H,4,6,8-12H2,1H3. The number of carbonyl (C=O) groups excluding carboxylic acids is 1. The van der Waals surface area contributed by atoms with E-state index in [0.717, 1.165) is 36.8 Å². The van der Waals surface area contributed by atoms with Crippen LogP contribution < -0.4 is 4.90 Å². The van der Waals surface area contributed by atoms with Crippen LogP contribution in [0.1, 0.15) is 18.4 Å². The van der Waals surface area contributed by atoms with Gasteiger partial charge in [-0.15, -0.1) is 0 Å². The summed E-state index contributed by atoms with van der Waals surface area (Å²) in [6.07, 6.45) is 3.63. The molecule has 0 bridgehead atoms. The van der Waals surface area contributed by atoms with Crippen molar-refractivity contribution in [3.8, 4) is 0 Å². The predicted molar refractivity (Wildman–Crippen MR) is 87.9 cm³/mol. The lowest BCUT2D eigenvalue weighted by Gasteiger charge is -2.25. The molecule has 1 amide bonds. The third-order valence-electron chi connectivity index (χ3n) is 4.40. The summed E-state index contributed by atoms with van der Waals surface area (Å²) in [5, 5.41) is 0. The molecule has 2 heterocycles. The Morgan fingerprint density at radius 2 is 2.17 bits per heavy atom. The zero-order valence-corrected chi connectivity index (χ0v) is 14.1. The molecule has 1 aromatic carbocycles. The number of para-hydroxylation sites is 1. The highest BCUT2D eigenvalue weighted by Gasteiger charge is 2.30. The Morgan fingerprint density at radius 3 is 2.87 bits per heavy atom. The minimum Gasteiger partial charge on any atom is -0.377 e. The summed E-state index contributed by atoms with van der Waals surface area (Å²) in [4.78, 5) is 14.3. The van der Waals surface area contributed by atoms with Gasteiger partial charge in [0.15, 0.2) is 0 Å². The Labute approximate surface area is 137 Å². The van der Waals surface area contributed by atoms with Crippen molar-refractivity contribution in [3.63, 3.8) is 0 Å². The lowest BCUT2D eigenvalue weighted by atomic mass is 10.2. The molecular weight excluding hydrogens is 316 g/mol. The van der Waals surface area contributed by atoms with Crippen LogP contribution in [-0.4, -0.2) is 57.2 Å². The van der Waals surface area contributed by atoms with Crippen LogP contribution in [0.2, 0.25) is 0 Å². The van der Waals surface area contributed by atoms with Crippen LogP contribution in [0.4, 0.5) is 5.69 Å². The highest BCUT2D eigenvalue weighted by atomic mass is 32.2. The van der Waals surface area contributed by atoms with Gasteiger partial charge in [-0.2, -0.15) is 4.31 Å². The van der Waals surface area contributed by atoms with E-state index in [1.165, 1.54) is 4.31 Å². The number of sulfonamides is 1. The van der Waals surface area contributed by atoms with Gasteiger partial charge in [-0.25, -0.2) is 8.42 Å². The maximum Gasteiger partial charge on any atom is 0.242 e. The van der Waals surface area contributed by atoms with Gasteiger partial charge in [0.25, 0.3) is 0 Å². The van der Waals surface area contributed by atoms with Gasteiger partial charge in [0, 0.05) is 25.4 Å². The first-order chi connectivity index (χ1) is 10.9. The zero-order chi connectivity index (χ0) is 16.4. The summed E-state index contributed by atoms with van der Waals surface area (Å²) in [5.41, 5.74) is 2.02. The number of rotatable bonds is 5. The van der Waals surface area contributed by atoms with Crippen LogP contribution in [0.3, 0.4) is 0 Å². The van der Waals surface area contributed by atoms with Gasteiger partial charge in [0.1, 0.15) is 0 Å². The number of hydrogen-bond donors (Lipinski definition) is 0. The van der Waals surface area contributed by atoms with E-state index in [1.54, 1.807) is 4.90 Å². The number of amides is 1. The summed E-state index contributed by atoms with van der Waals surface area (Å²) in [6, 6.07) is 7.76. The molecule has 1 unspecified atom stereocenters. The number of carbonyl (C=O) groups is 1. The average molecular weight is 338 g/mol. The molecule has 2 aliphatic heterocycles. The maximum atomic E-state index is 12.6. The Kier molecular flexibility index (Phi) is 4.70. The number of hydrogen-bond acceptors (Lipinski definition) is 4. The Hall–Kier alpha value is -1.44. The number of anilines is 1. The molecule has 1 atom stereocenters. The number of benzene rings is 1. The third-order valence-corrected chi connectivity index (χ3v) is 5.62. The summed E-state index contributed by atoms with van der Waals surface area (Å²) in [6.45, 7) is 1.39. The van der Waals surface area contributed by atoms with Crippen molar-refractivity contribution in [2.75, 3.05) is 37.4 Å². The quantitative estimate of drug-likeness (QED) is 0.804. The molecule has 0 N–H and O–H groups in total. The van der Waals surface area contributed by atoms with E-state index in [0.29, 0.717) is 13.2 Å².